The van der Waals surface area contributed by atoms with Crippen LogP contribution in [0.15, 0.2) is 5.16 Å². The van der Waals surface area contributed by atoms with Crippen molar-refractivity contribution in [2.75, 3.05) is 11.5 Å². The van der Waals surface area contributed by atoms with Crippen LogP contribution >= 0.6 is 11.8 Å². The Morgan fingerprint density at radius 3 is 2.67 bits per heavy atom. The van der Waals surface area contributed by atoms with Crippen LogP contribution in [-0.2, 0) is 7.05 Å². The van der Waals surface area contributed by atoms with Crippen molar-refractivity contribution in [1.29, 1.82) is 0 Å². The van der Waals surface area contributed by atoms with Crippen molar-refractivity contribution in [3.8, 4) is 0 Å². The zero-order valence-electron chi connectivity index (χ0n) is 6.37. The quantitative estimate of drug-likeness (QED) is 0.721. The second-order valence-corrected chi connectivity index (χ2v) is 3.09. The molecular formula is C5H8F2N4S. The molecule has 0 unspecified atom stereocenters. The van der Waals surface area contributed by atoms with Crippen molar-refractivity contribution < 1.29 is 8.78 Å². The number of aromatic nitrogens is 3. The fourth-order valence-electron chi connectivity index (χ4n) is 0.589. The number of alkyl halides is 2. The van der Waals surface area contributed by atoms with E-state index in [4.69, 9.17) is 5.73 Å². The van der Waals surface area contributed by atoms with Crippen molar-refractivity contribution in [3.05, 3.63) is 0 Å². The lowest BCUT2D eigenvalue weighted by Crippen LogP contribution is -2.00. The Labute approximate surface area is 72.1 Å². The Morgan fingerprint density at radius 1 is 1.58 bits per heavy atom. The number of hydrogen-bond donors (Lipinski definition) is 1. The molecule has 0 aliphatic carbocycles. The van der Waals surface area contributed by atoms with Crippen LogP contribution in [0.5, 0.6) is 0 Å². The highest BCUT2D eigenvalue weighted by atomic mass is 32.2. The minimum atomic E-state index is -2.34. The van der Waals surface area contributed by atoms with E-state index in [-0.39, 0.29) is 11.7 Å². The summed E-state index contributed by atoms with van der Waals surface area (Å²) >= 11 is 0.935. The van der Waals surface area contributed by atoms with Crippen LogP contribution in [0.4, 0.5) is 14.7 Å². The number of nitrogens with zero attached hydrogens (tertiary/aromatic N) is 3. The molecule has 0 aliphatic rings. The maximum absolute atomic E-state index is 11.7. The maximum atomic E-state index is 11.7. The molecule has 7 heteroatoms. The van der Waals surface area contributed by atoms with Gasteiger partial charge in [-0.3, -0.25) is 4.57 Å². The van der Waals surface area contributed by atoms with Crippen LogP contribution in [0.3, 0.4) is 0 Å². The fourth-order valence-corrected chi connectivity index (χ4v) is 1.25. The van der Waals surface area contributed by atoms with E-state index in [1.807, 2.05) is 0 Å². The lowest BCUT2D eigenvalue weighted by Gasteiger charge is -1.99. The van der Waals surface area contributed by atoms with Gasteiger partial charge in [0.15, 0.2) is 5.16 Å². The summed E-state index contributed by atoms with van der Waals surface area (Å²) in [6.07, 6.45) is -2.34. The first-order valence-corrected chi connectivity index (χ1v) is 4.15. The molecule has 0 saturated carbocycles. The fraction of sp³-hybridized carbons (Fsp3) is 0.600. The smallest absolute Gasteiger partial charge is 0.248 e. The number of rotatable bonds is 3. The Balaban J connectivity index is 2.58. The first-order chi connectivity index (χ1) is 5.61. The standard InChI is InChI=1S/C5H8F2N4S/c1-11-4(8)9-10-5(11)12-2-3(6)7/h3H,2H2,1H3,(H2,8,9). The van der Waals surface area contributed by atoms with Gasteiger partial charge in [0, 0.05) is 7.05 Å². The summed E-state index contributed by atoms with van der Waals surface area (Å²) in [5.41, 5.74) is 5.34. The van der Waals surface area contributed by atoms with Crippen LogP contribution < -0.4 is 5.73 Å². The Morgan fingerprint density at radius 2 is 2.25 bits per heavy atom. The Kier molecular flexibility index (Phi) is 2.85. The van der Waals surface area contributed by atoms with Crippen LogP contribution in [0.1, 0.15) is 0 Å². The van der Waals surface area contributed by atoms with Crippen molar-refractivity contribution in [1.82, 2.24) is 14.8 Å². The van der Waals surface area contributed by atoms with E-state index in [2.05, 4.69) is 10.2 Å². The molecule has 0 aliphatic heterocycles. The molecule has 0 amide bonds. The molecule has 1 aromatic heterocycles. The molecule has 12 heavy (non-hydrogen) atoms. The lowest BCUT2D eigenvalue weighted by molar-refractivity contribution is 0.176. The number of thioether (sulfide) groups is 1. The van der Waals surface area contributed by atoms with Gasteiger partial charge in [-0.15, -0.1) is 10.2 Å². The van der Waals surface area contributed by atoms with Gasteiger partial charge in [0.05, 0.1) is 5.75 Å². The highest BCUT2D eigenvalue weighted by molar-refractivity contribution is 7.99. The summed E-state index contributed by atoms with van der Waals surface area (Å²) in [5, 5.41) is 7.53. The average Bonchev–Trinajstić information content (AvgIpc) is 2.30. The van der Waals surface area contributed by atoms with Crippen molar-refractivity contribution in [2.24, 2.45) is 7.05 Å². The van der Waals surface area contributed by atoms with Gasteiger partial charge in [-0.25, -0.2) is 8.78 Å². The SMILES string of the molecule is Cn1c(N)nnc1SCC(F)F. The highest BCUT2D eigenvalue weighted by Crippen LogP contribution is 2.18. The number of hydrogen-bond acceptors (Lipinski definition) is 4. The van der Waals surface area contributed by atoms with E-state index in [1.165, 1.54) is 4.57 Å². The lowest BCUT2D eigenvalue weighted by atomic mass is 10.9. The average molecular weight is 194 g/mol. The van der Waals surface area contributed by atoms with Crippen molar-refractivity contribution in [3.63, 3.8) is 0 Å². The molecule has 0 atom stereocenters. The van der Waals surface area contributed by atoms with Crippen molar-refractivity contribution in [2.45, 2.75) is 11.6 Å². The monoisotopic (exact) mass is 194 g/mol. The van der Waals surface area contributed by atoms with Crippen LogP contribution in [0.2, 0.25) is 0 Å². The summed E-state index contributed by atoms with van der Waals surface area (Å²) in [7, 11) is 1.63. The second kappa shape index (κ2) is 3.70. The molecule has 0 aromatic carbocycles. The molecule has 1 aromatic rings. The number of anilines is 1. The van der Waals surface area contributed by atoms with E-state index in [0.717, 1.165) is 11.8 Å². The zero-order valence-corrected chi connectivity index (χ0v) is 7.18. The van der Waals surface area contributed by atoms with E-state index >= 15 is 0 Å². The van der Waals surface area contributed by atoms with Gasteiger partial charge in [0.2, 0.25) is 12.4 Å². The molecular weight excluding hydrogens is 186 g/mol. The summed E-state index contributed by atoms with van der Waals surface area (Å²) < 4.78 is 25.0. The van der Waals surface area contributed by atoms with Crippen LogP contribution in [0.25, 0.3) is 0 Å². The summed E-state index contributed by atoms with van der Waals surface area (Å²) in [4.78, 5) is 0. The van der Waals surface area contributed by atoms with E-state index in [1.54, 1.807) is 7.05 Å². The number of nitrogens with two attached hydrogens (primary N) is 1. The number of nitrogen functional groups attached to an aromatic ring is 1. The molecule has 0 bridgehead atoms. The van der Waals surface area contributed by atoms with Gasteiger partial charge < -0.3 is 5.73 Å². The minimum absolute atomic E-state index is 0.228. The first-order valence-electron chi connectivity index (χ1n) is 3.17. The molecule has 2 N–H and O–H groups in total. The van der Waals surface area contributed by atoms with E-state index < -0.39 is 6.43 Å². The summed E-state index contributed by atoms with van der Waals surface area (Å²) in [6, 6.07) is 0. The largest absolute Gasteiger partial charge is 0.368 e. The number of halogens is 2. The second-order valence-electron chi connectivity index (χ2n) is 2.10. The summed E-state index contributed by atoms with van der Waals surface area (Å²) in [6.45, 7) is 0. The third kappa shape index (κ3) is 2.07. The van der Waals surface area contributed by atoms with E-state index in [9.17, 15) is 8.78 Å². The summed E-state index contributed by atoms with van der Waals surface area (Å²) in [5.74, 6) is -0.0573. The third-order valence-corrected chi connectivity index (χ3v) is 2.24. The third-order valence-electron chi connectivity index (χ3n) is 1.21. The molecule has 0 spiro atoms. The molecule has 4 nitrogen and oxygen atoms in total. The van der Waals surface area contributed by atoms with Gasteiger partial charge in [-0.2, -0.15) is 0 Å². The molecule has 1 heterocycles. The Bertz CT molecular complexity index is 262. The molecule has 0 fully saturated rings. The molecule has 1 rings (SSSR count). The van der Waals surface area contributed by atoms with Gasteiger partial charge in [-0.1, -0.05) is 11.8 Å². The predicted molar refractivity (Wildman–Crippen MR) is 42.1 cm³/mol. The normalized spacial score (nSPS) is 11.0. The Hall–Kier alpha value is -0.850. The van der Waals surface area contributed by atoms with Gasteiger partial charge in [-0.05, 0) is 0 Å². The van der Waals surface area contributed by atoms with Gasteiger partial charge in [0.1, 0.15) is 0 Å². The minimum Gasteiger partial charge on any atom is -0.368 e. The van der Waals surface area contributed by atoms with Gasteiger partial charge >= 0.3 is 0 Å². The molecule has 68 valence electrons. The topological polar surface area (TPSA) is 56.7 Å². The van der Waals surface area contributed by atoms with Crippen LogP contribution in [0, 0.1) is 0 Å². The van der Waals surface area contributed by atoms with Gasteiger partial charge in [0.25, 0.3) is 0 Å². The van der Waals surface area contributed by atoms with Crippen LogP contribution in [-0.4, -0.2) is 26.9 Å². The van der Waals surface area contributed by atoms with E-state index in [0.29, 0.717) is 5.16 Å². The highest BCUT2D eigenvalue weighted by Gasteiger charge is 2.09. The van der Waals surface area contributed by atoms with Crippen molar-refractivity contribution >= 4 is 17.7 Å². The molecule has 0 radical (unpaired) electrons. The first kappa shape index (κ1) is 9.24. The predicted octanol–water partition coefficient (Wildman–Crippen LogP) is 0.755. The maximum Gasteiger partial charge on any atom is 0.248 e. The molecule has 0 saturated heterocycles. The zero-order chi connectivity index (χ0) is 9.14.